The highest BCUT2D eigenvalue weighted by Gasteiger charge is 2.33. The SMILES string of the molecule is Cc1cc(Nc2cc(NC=O)n[nH]2)nc(Nc2ccc(NC(=O)Nc3ccc(Cl)c(C(F)(F)F)c3)nc2)n1. The quantitative estimate of drug-likeness (QED) is 0.163. The average Bonchev–Trinajstić information content (AvgIpc) is 3.27. The van der Waals surface area contributed by atoms with Crippen LogP contribution < -0.4 is 26.6 Å². The Balaban J connectivity index is 1.37. The maximum absolute atomic E-state index is 13.0. The summed E-state index contributed by atoms with van der Waals surface area (Å²) in [7, 11) is 0. The van der Waals surface area contributed by atoms with Crippen LogP contribution in [0.3, 0.4) is 0 Å². The van der Waals surface area contributed by atoms with Crippen LogP contribution in [0.4, 0.5) is 58.6 Å². The summed E-state index contributed by atoms with van der Waals surface area (Å²) >= 11 is 5.59. The van der Waals surface area contributed by atoms with Gasteiger partial charge in [-0.2, -0.15) is 23.3 Å². The zero-order valence-electron chi connectivity index (χ0n) is 19.3. The van der Waals surface area contributed by atoms with E-state index in [1.165, 1.54) is 18.3 Å². The molecule has 0 fully saturated rings. The van der Waals surface area contributed by atoms with Crippen LogP contribution in [0.1, 0.15) is 11.3 Å². The Morgan fingerprint density at radius 2 is 1.76 bits per heavy atom. The molecule has 0 radical (unpaired) electrons. The number of aromatic amines is 1. The number of urea groups is 1. The van der Waals surface area contributed by atoms with Gasteiger partial charge in [0.05, 0.1) is 22.5 Å². The normalized spacial score (nSPS) is 11.0. The molecule has 0 saturated heterocycles. The summed E-state index contributed by atoms with van der Waals surface area (Å²) in [6, 6.07) is 8.58. The van der Waals surface area contributed by atoms with Crippen LogP contribution in [0, 0.1) is 6.92 Å². The number of rotatable bonds is 8. The van der Waals surface area contributed by atoms with Crippen LogP contribution in [-0.4, -0.2) is 37.6 Å². The maximum atomic E-state index is 13.0. The highest BCUT2D eigenvalue weighted by molar-refractivity contribution is 6.31. The first-order valence-corrected chi connectivity index (χ1v) is 11.0. The van der Waals surface area contributed by atoms with Gasteiger partial charge in [-0.3, -0.25) is 15.2 Å². The van der Waals surface area contributed by atoms with E-state index in [9.17, 15) is 22.8 Å². The van der Waals surface area contributed by atoms with Crippen molar-refractivity contribution < 1.29 is 22.8 Å². The predicted molar refractivity (Wildman–Crippen MR) is 135 cm³/mol. The molecule has 1 aromatic carbocycles. The van der Waals surface area contributed by atoms with Gasteiger partial charge in [-0.15, -0.1) is 0 Å². The van der Waals surface area contributed by atoms with Crippen molar-refractivity contribution in [2.24, 2.45) is 0 Å². The van der Waals surface area contributed by atoms with Crippen LogP contribution in [0.15, 0.2) is 48.7 Å². The molecule has 16 heteroatoms. The molecule has 0 bridgehead atoms. The molecule has 0 saturated carbocycles. The molecule has 6 N–H and O–H groups in total. The Morgan fingerprint density at radius 1 is 0.974 bits per heavy atom. The number of aromatic nitrogens is 5. The minimum absolute atomic E-state index is 0.0927. The first-order chi connectivity index (χ1) is 18.1. The summed E-state index contributed by atoms with van der Waals surface area (Å²) in [5, 5.41) is 19.3. The lowest BCUT2D eigenvalue weighted by Gasteiger charge is -2.12. The van der Waals surface area contributed by atoms with E-state index in [4.69, 9.17) is 11.6 Å². The Morgan fingerprint density at radius 3 is 2.47 bits per heavy atom. The molecule has 0 aliphatic rings. The Bertz CT molecular complexity index is 1460. The van der Waals surface area contributed by atoms with Gasteiger partial charge in [-0.05, 0) is 37.3 Å². The lowest BCUT2D eigenvalue weighted by molar-refractivity contribution is -0.137. The highest BCUT2D eigenvalue weighted by atomic mass is 35.5. The fraction of sp³-hybridized carbons (Fsp3) is 0.0909. The molecule has 12 nitrogen and oxygen atoms in total. The second kappa shape index (κ2) is 11.0. The molecule has 0 unspecified atom stereocenters. The Hall–Kier alpha value is -4.92. The lowest BCUT2D eigenvalue weighted by Crippen LogP contribution is -2.20. The molecule has 38 heavy (non-hydrogen) atoms. The van der Waals surface area contributed by atoms with E-state index in [-0.39, 0.29) is 17.5 Å². The van der Waals surface area contributed by atoms with Gasteiger partial charge in [-0.25, -0.2) is 14.8 Å². The van der Waals surface area contributed by atoms with E-state index in [1.54, 1.807) is 25.1 Å². The monoisotopic (exact) mass is 546 g/mol. The number of hydrogen-bond acceptors (Lipinski definition) is 8. The van der Waals surface area contributed by atoms with Crippen molar-refractivity contribution in [3.63, 3.8) is 0 Å². The summed E-state index contributed by atoms with van der Waals surface area (Å²) in [6.45, 7) is 1.77. The van der Waals surface area contributed by atoms with Crippen LogP contribution in [0.5, 0.6) is 0 Å². The first kappa shape index (κ1) is 26.2. The number of anilines is 7. The van der Waals surface area contributed by atoms with Gasteiger partial charge in [0, 0.05) is 23.5 Å². The van der Waals surface area contributed by atoms with Crippen molar-refractivity contribution >= 4 is 64.6 Å². The van der Waals surface area contributed by atoms with Gasteiger partial charge in [0.1, 0.15) is 17.5 Å². The van der Waals surface area contributed by atoms with Crippen molar-refractivity contribution in [3.05, 3.63) is 64.9 Å². The van der Waals surface area contributed by atoms with Crippen molar-refractivity contribution in [1.82, 2.24) is 25.1 Å². The van der Waals surface area contributed by atoms with E-state index in [1.807, 2.05) is 0 Å². The number of alkyl halides is 3. The molecule has 4 rings (SSSR count). The molecule has 3 heterocycles. The van der Waals surface area contributed by atoms with Gasteiger partial charge in [0.2, 0.25) is 12.4 Å². The van der Waals surface area contributed by atoms with E-state index >= 15 is 0 Å². The maximum Gasteiger partial charge on any atom is 0.417 e. The van der Waals surface area contributed by atoms with Crippen LogP contribution >= 0.6 is 11.6 Å². The van der Waals surface area contributed by atoms with E-state index in [0.717, 1.165) is 12.1 Å². The number of nitrogens with one attached hydrogen (secondary N) is 6. The Labute approximate surface area is 217 Å². The number of H-pyrrole nitrogens is 1. The minimum atomic E-state index is -4.66. The average molecular weight is 547 g/mol. The summed E-state index contributed by atoms with van der Waals surface area (Å²) in [5.41, 5.74) is -0.00932. The van der Waals surface area contributed by atoms with Crippen LogP contribution in [0.25, 0.3) is 0 Å². The number of carbonyl (C=O) groups is 2. The van der Waals surface area contributed by atoms with E-state index in [0.29, 0.717) is 35.2 Å². The first-order valence-electron chi connectivity index (χ1n) is 10.6. The van der Waals surface area contributed by atoms with Crippen molar-refractivity contribution in [3.8, 4) is 0 Å². The molecule has 4 aromatic rings. The predicted octanol–water partition coefficient (Wildman–Crippen LogP) is 5.27. The second-order valence-corrected chi connectivity index (χ2v) is 8.01. The van der Waals surface area contributed by atoms with E-state index < -0.39 is 22.8 Å². The third kappa shape index (κ3) is 6.85. The number of carbonyl (C=O) groups excluding carboxylic acids is 2. The van der Waals surface area contributed by atoms with E-state index in [2.05, 4.69) is 51.7 Å². The molecule has 3 amide bonds. The number of pyridine rings is 1. The van der Waals surface area contributed by atoms with Crippen LogP contribution in [-0.2, 0) is 11.0 Å². The number of amides is 3. The summed E-state index contributed by atoms with van der Waals surface area (Å²) in [6.07, 6.45) is -2.75. The van der Waals surface area contributed by atoms with Gasteiger partial charge in [0.25, 0.3) is 0 Å². The summed E-state index contributed by atoms with van der Waals surface area (Å²) < 4.78 is 39.1. The summed E-state index contributed by atoms with van der Waals surface area (Å²) in [4.78, 5) is 35.5. The molecule has 196 valence electrons. The number of halogens is 4. The molecule has 0 aliphatic carbocycles. The third-order valence-electron chi connectivity index (χ3n) is 4.69. The van der Waals surface area contributed by atoms with Gasteiger partial charge in [-0.1, -0.05) is 11.6 Å². The standard InChI is InChI=1S/C22H18ClF3N10O2/c1-11-6-18(32-19-8-17(28-10-37)35-36-19)33-20(29-11)30-13-3-5-16(27-9-13)34-21(38)31-12-2-4-15(23)14(7-12)22(24,25)26/h2-10H,1H3,(H2,27,31,34,38)(H4,28,29,30,32,33,35,36,37). The molecule has 0 spiro atoms. The molecule has 3 aromatic heterocycles. The summed E-state index contributed by atoms with van der Waals surface area (Å²) in [5.74, 6) is 1.66. The van der Waals surface area contributed by atoms with Crippen molar-refractivity contribution in [2.75, 3.05) is 26.6 Å². The highest BCUT2D eigenvalue weighted by Crippen LogP contribution is 2.36. The third-order valence-corrected chi connectivity index (χ3v) is 5.02. The van der Waals surface area contributed by atoms with Crippen LogP contribution in [0.2, 0.25) is 5.02 Å². The minimum Gasteiger partial charge on any atom is -0.325 e. The molecular weight excluding hydrogens is 529 g/mol. The Kier molecular flexibility index (Phi) is 7.57. The number of hydrogen-bond donors (Lipinski definition) is 6. The van der Waals surface area contributed by atoms with Gasteiger partial charge < -0.3 is 21.3 Å². The van der Waals surface area contributed by atoms with Crippen molar-refractivity contribution in [1.29, 1.82) is 0 Å². The number of benzene rings is 1. The molecular formula is C22H18ClF3N10O2. The number of nitrogens with zero attached hydrogens (tertiary/aromatic N) is 4. The second-order valence-electron chi connectivity index (χ2n) is 7.60. The smallest absolute Gasteiger partial charge is 0.325 e. The van der Waals surface area contributed by atoms with Crippen molar-refractivity contribution in [2.45, 2.75) is 13.1 Å². The molecule has 0 aliphatic heterocycles. The largest absolute Gasteiger partial charge is 0.417 e. The van der Waals surface area contributed by atoms with Gasteiger partial charge in [0.15, 0.2) is 5.82 Å². The topological polar surface area (TPSA) is 162 Å². The zero-order valence-corrected chi connectivity index (χ0v) is 20.1. The fourth-order valence-electron chi connectivity index (χ4n) is 3.12. The number of aryl methyl sites for hydroxylation is 1. The molecule has 0 atom stereocenters. The van der Waals surface area contributed by atoms with Gasteiger partial charge >= 0.3 is 12.2 Å². The fourth-order valence-corrected chi connectivity index (χ4v) is 3.34. The zero-order chi connectivity index (χ0) is 27.3. The lowest BCUT2D eigenvalue weighted by atomic mass is 10.2.